The predicted octanol–water partition coefficient (Wildman–Crippen LogP) is -3.77. The van der Waals surface area contributed by atoms with E-state index < -0.39 is 19.7 Å². The molecule has 108 valence electrons. The molecule has 0 saturated carbocycles. The fraction of sp³-hybridized carbons (Fsp3) is 0. The first-order valence-electron chi connectivity index (χ1n) is 5.70. The van der Waals surface area contributed by atoms with Crippen molar-refractivity contribution >= 4 is 24.2 Å². The molecule has 2 amide bonds. The standard InChI is InChI=1S/2C7H7NO.2BrH.Ti/c2*9-6-8-7-4-2-1-3-5-7;;;/h2*1-6H,(H,8,9);2*1H;/q;;;;+4/p-4. The van der Waals surface area contributed by atoms with Gasteiger partial charge in [0, 0.05) is 0 Å². The summed E-state index contributed by atoms with van der Waals surface area (Å²) in [6, 6.07) is 18.7. The Bertz CT molecular complexity index is 494. The maximum atomic E-state index is 11.2. The zero-order valence-electron chi connectivity index (χ0n) is 10.9. The molecule has 0 aliphatic heterocycles. The molecular formula is C14H12Br2N2O2Ti. The number of benzene rings is 2. The summed E-state index contributed by atoms with van der Waals surface area (Å²) in [6.07, 6.45) is 1.55. The Labute approximate surface area is 154 Å². The second-order valence-corrected chi connectivity index (χ2v) is 5.54. The number of anilines is 2. The largest absolute Gasteiger partial charge is 1.00 e. The number of carbonyl (C=O) groups excluding carboxylic acids is 2. The summed E-state index contributed by atoms with van der Waals surface area (Å²) in [5.74, 6) is 0. The van der Waals surface area contributed by atoms with Crippen molar-refractivity contribution in [1.82, 2.24) is 0 Å². The molecule has 0 atom stereocenters. The Kier molecular flexibility index (Phi) is 10.3. The molecule has 2 aromatic rings. The molecule has 21 heavy (non-hydrogen) atoms. The van der Waals surface area contributed by atoms with Crippen LogP contribution >= 0.6 is 0 Å². The van der Waals surface area contributed by atoms with Crippen molar-refractivity contribution in [3.8, 4) is 0 Å². The van der Waals surface area contributed by atoms with Crippen molar-refractivity contribution in [2.24, 2.45) is 0 Å². The van der Waals surface area contributed by atoms with Crippen LogP contribution in [-0.2, 0) is 29.3 Å². The van der Waals surface area contributed by atoms with Gasteiger partial charge in [0.05, 0.1) is 0 Å². The molecule has 2 rings (SSSR count). The molecule has 0 heterocycles. The summed E-state index contributed by atoms with van der Waals surface area (Å²) in [5, 5.41) is 0. The van der Waals surface area contributed by atoms with E-state index in [0.717, 1.165) is 24.2 Å². The molecule has 4 nitrogen and oxygen atoms in total. The fourth-order valence-corrected chi connectivity index (χ4v) is 2.91. The third-order valence-corrected chi connectivity index (χ3v) is 4.30. The smallest absolute Gasteiger partial charge is 1.00 e. The van der Waals surface area contributed by atoms with Crippen LogP contribution in [0.2, 0.25) is 0 Å². The van der Waals surface area contributed by atoms with E-state index in [1.54, 1.807) is 6.76 Å². The average molecular weight is 448 g/mol. The first-order chi connectivity index (χ1) is 9.35. The van der Waals surface area contributed by atoms with Crippen LogP contribution in [0.3, 0.4) is 0 Å². The van der Waals surface area contributed by atoms with Crippen molar-refractivity contribution in [2.75, 3.05) is 6.76 Å². The van der Waals surface area contributed by atoms with Gasteiger partial charge in [0.2, 0.25) is 0 Å². The summed E-state index contributed by atoms with van der Waals surface area (Å²) in [4.78, 5) is 22.4. The molecular weight excluding hydrogens is 436 g/mol. The van der Waals surface area contributed by atoms with Gasteiger partial charge >= 0.3 is 121 Å². The van der Waals surface area contributed by atoms with Crippen LogP contribution in [0.5, 0.6) is 0 Å². The number of rotatable bonds is 6. The first kappa shape index (κ1) is 20.1. The van der Waals surface area contributed by atoms with Gasteiger partial charge in [-0.25, -0.2) is 0 Å². The zero-order valence-corrected chi connectivity index (χ0v) is 15.6. The molecule has 0 spiro atoms. The summed E-state index contributed by atoms with van der Waals surface area (Å²) in [6.45, 7) is 0. The van der Waals surface area contributed by atoms with E-state index >= 15 is 0 Å². The third-order valence-electron chi connectivity index (χ3n) is 2.50. The molecule has 0 radical (unpaired) electrons. The first-order valence-corrected chi connectivity index (χ1v) is 7.10. The molecule has 0 unspecified atom stereocenters. The maximum absolute atomic E-state index is 11.2. The van der Waals surface area contributed by atoms with Gasteiger partial charge in [0.25, 0.3) is 0 Å². The zero-order chi connectivity index (χ0) is 13.5. The number of halogens is 2. The Balaban J connectivity index is 0.00000200. The second kappa shape index (κ2) is 10.7. The SMILES string of the molecule is O=C[N]([Ti+2][N](C=O)c1ccccc1)c1ccccc1.[Br-].[Br-]. The number of hydrogen-bond acceptors (Lipinski definition) is 2. The maximum Gasteiger partial charge on any atom is -1.00 e. The Hall–Kier alpha value is -0.946. The van der Waals surface area contributed by atoms with Crippen molar-refractivity contribution in [2.45, 2.75) is 0 Å². The topological polar surface area (TPSA) is 40.6 Å². The molecule has 0 aromatic heterocycles. The summed E-state index contributed by atoms with van der Waals surface area (Å²) in [5.41, 5.74) is 1.61. The molecule has 0 N–H and O–H groups in total. The predicted molar refractivity (Wildman–Crippen MR) is 70.0 cm³/mol. The average Bonchev–Trinajstić information content (AvgIpc) is 2.50. The van der Waals surface area contributed by atoms with Crippen LogP contribution in [0, 0.1) is 0 Å². The van der Waals surface area contributed by atoms with Gasteiger partial charge in [-0.15, -0.1) is 0 Å². The van der Waals surface area contributed by atoms with E-state index in [0.29, 0.717) is 0 Å². The van der Waals surface area contributed by atoms with E-state index in [4.69, 9.17) is 0 Å². The van der Waals surface area contributed by atoms with E-state index in [-0.39, 0.29) is 34.0 Å². The van der Waals surface area contributed by atoms with Gasteiger partial charge in [-0.2, -0.15) is 0 Å². The summed E-state index contributed by atoms with van der Waals surface area (Å²) in [7, 11) is 0. The van der Waals surface area contributed by atoms with Crippen LogP contribution < -0.4 is 40.7 Å². The normalized spacial score (nSPS) is 8.38. The van der Waals surface area contributed by atoms with Gasteiger partial charge in [-0.05, 0) is 0 Å². The minimum absolute atomic E-state index is 0. The minimum Gasteiger partial charge on any atom is -1.00 e. The van der Waals surface area contributed by atoms with Gasteiger partial charge in [0.1, 0.15) is 0 Å². The molecule has 2 aromatic carbocycles. The Morgan fingerprint density at radius 2 is 1.00 bits per heavy atom. The van der Waals surface area contributed by atoms with Gasteiger partial charge in [0.15, 0.2) is 0 Å². The summed E-state index contributed by atoms with van der Waals surface area (Å²) >= 11 is -1.09. The molecule has 0 aliphatic carbocycles. The molecule has 0 bridgehead atoms. The van der Waals surface area contributed by atoms with Crippen LogP contribution in [0.4, 0.5) is 11.4 Å². The molecule has 0 saturated heterocycles. The van der Waals surface area contributed by atoms with Gasteiger partial charge in [-0.3, -0.25) is 0 Å². The van der Waals surface area contributed by atoms with Crippen molar-refractivity contribution < 1.29 is 63.2 Å². The van der Waals surface area contributed by atoms with E-state index in [1.165, 1.54) is 0 Å². The van der Waals surface area contributed by atoms with Crippen molar-refractivity contribution in [3.63, 3.8) is 0 Å². The summed E-state index contributed by atoms with van der Waals surface area (Å²) < 4.78 is 3.20. The number of amides is 2. The van der Waals surface area contributed by atoms with Gasteiger partial charge < -0.3 is 34.0 Å². The molecule has 0 fully saturated rings. The number of nitrogens with zero attached hydrogens (tertiary/aromatic N) is 2. The van der Waals surface area contributed by atoms with E-state index in [9.17, 15) is 9.59 Å². The van der Waals surface area contributed by atoms with E-state index in [2.05, 4.69) is 0 Å². The Morgan fingerprint density at radius 3 is 1.29 bits per heavy atom. The van der Waals surface area contributed by atoms with Crippen LogP contribution in [0.25, 0.3) is 0 Å². The van der Waals surface area contributed by atoms with Crippen molar-refractivity contribution in [1.29, 1.82) is 0 Å². The molecule has 0 aliphatic rings. The Morgan fingerprint density at radius 1 is 0.667 bits per heavy atom. The number of hydrogen-bond donors (Lipinski definition) is 0. The van der Waals surface area contributed by atoms with Crippen molar-refractivity contribution in [3.05, 3.63) is 60.7 Å². The third kappa shape index (κ3) is 5.75. The molecule has 7 heteroatoms. The number of carbonyl (C=O) groups is 2. The fourth-order valence-electron chi connectivity index (χ4n) is 1.58. The van der Waals surface area contributed by atoms with E-state index in [1.807, 2.05) is 60.7 Å². The van der Waals surface area contributed by atoms with Crippen LogP contribution in [-0.4, -0.2) is 12.8 Å². The second-order valence-electron chi connectivity index (χ2n) is 3.72. The van der Waals surface area contributed by atoms with Crippen LogP contribution in [0.15, 0.2) is 60.7 Å². The van der Waals surface area contributed by atoms with Crippen LogP contribution in [0.1, 0.15) is 0 Å². The quantitative estimate of drug-likeness (QED) is 0.337. The minimum atomic E-state index is -1.09. The number of para-hydroxylation sites is 2. The van der Waals surface area contributed by atoms with Gasteiger partial charge in [-0.1, -0.05) is 0 Å². The monoisotopic (exact) mass is 446 g/mol.